The molecule has 96 heavy (non-hydrogen) atoms. The van der Waals surface area contributed by atoms with E-state index < -0.39 is 0 Å². The van der Waals surface area contributed by atoms with Crippen molar-refractivity contribution in [3.05, 3.63) is 243 Å². The smallest absolute Gasteiger partial charge is 0.106 e. The summed E-state index contributed by atoms with van der Waals surface area (Å²) in [5.41, 5.74) is 0. The summed E-state index contributed by atoms with van der Waals surface area (Å²) >= 11 is 0. The molecule has 0 saturated heterocycles. The van der Waals surface area contributed by atoms with Gasteiger partial charge in [-0.3, -0.25) is 0 Å². The lowest BCUT2D eigenvalue weighted by Crippen LogP contribution is -2.25. The molecule has 0 aromatic rings. The zero-order valence-corrected chi connectivity index (χ0v) is 69.8. The molecule has 16 unspecified atom stereocenters. The molecular weight excluding hydrogens is 1340 g/mol. The van der Waals surface area contributed by atoms with Crippen LogP contribution in [0.3, 0.4) is 0 Å². The van der Waals surface area contributed by atoms with Gasteiger partial charge in [0.1, 0.15) is 6.10 Å². The van der Waals surface area contributed by atoms with Gasteiger partial charge in [-0.2, -0.15) is 0 Å². The first-order valence-corrected chi connectivity index (χ1v) is 39.0. The van der Waals surface area contributed by atoms with Gasteiger partial charge in [0, 0.05) is 75.7 Å². The molecule has 0 radical (unpaired) electrons. The number of allylic oxidation sites excluding steroid dienone is 30. The lowest BCUT2D eigenvalue weighted by Gasteiger charge is -2.21. The van der Waals surface area contributed by atoms with Gasteiger partial charge in [0.05, 0.1) is 42.7 Å². The second-order valence-corrected chi connectivity index (χ2v) is 24.0. The van der Waals surface area contributed by atoms with Crippen molar-refractivity contribution in [3.63, 3.8) is 0 Å². The molecule has 544 valence electrons. The Balaban J connectivity index is -0.000000590. The van der Waals surface area contributed by atoms with Gasteiger partial charge in [0.2, 0.25) is 0 Å². The largest absolute Gasteiger partial charge is 0.359 e. The lowest BCUT2D eigenvalue weighted by molar-refractivity contribution is 0.105. The van der Waals surface area contributed by atoms with Crippen LogP contribution in [0, 0.1) is 0 Å². The van der Waals surface area contributed by atoms with Gasteiger partial charge in [-0.25, -0.2) is 0 Å². The molecule has 0 aromatic carbocycles. The van der Waals surface area contributed by atoms with E-state index >= 15 is 0 Å². The van der Waals surface area contributed by atoms with Crippen LogP contribution >= 0.6 is 75.7 Å². The molecule has 0 amide bonds. The maximum absolute atomic E-state index is 5.45. The quantitative estimate of drug-likeness (QED) is 0.0258. The number of rotatable bonds is 56. The zero-order chi connectivity index (χ0) is 71.5. The molecule has 0 aliphatic heterocycles. The van der Waals surface area contributed by atoms with E-state index in [0.29, 0.717) is 0 Å². The molecule has 0 spiro atoms. The Morgan fingerprint density at radius 1 is 0.240 bits per heavy atom. The minimum atomic E-state index is -0.0753. The first kappa shape index (κ1) is 100. The van der Waals surface area contributed by atoms with Crippen molar-refractivity contribution in [1.29, 1.82) is 0 Å². The van der Waals surface area contributed by atoms with E-state index in [1.807, 2.05) is 97.2 Å². The van der Waals surface area contributed by atoms with Crippen molar-refractivity contribution >= 4 is 75.7 Å². The highest BCUT2D eigenvalue weighted by Crippen LogP contribution is 2.19. The van der Waals surface area contributed by atoms with Gasteiger partial charge in [-0.15, -0.1) is 0 Å². The van der Waals surface area contributed by atoms with Crippen molar-refractivity contribution in [2.45, 2.75) is 258 Å². The van der Waals surface area contributed by atoms with Crippen LogP contribution in [0.2, 0.25) is 0 Å². The van der Waals surface area contributed by atoms with Crippen LogP contribution in [-0.2, 0) is 36.2 Å². The second-order valence-electron chi connectivity index (χ2n) is 21.8. The van der Waals surface area contributed by atoms with Gasteiger partial charge >= 0.3 is 0 Å². The monoisotopic (exact) mass is 1470 g/mol. The van der Waals surface area contributed by atoms with Crippen molar-refractivity contribution in [2.75, 3.05) is 0 Å². The fraction of sp³-hybridized carbons (Fsp3) is 0.500. The molecule has 0 aliphatic rings. The first-order chi connectivity index (χ1) is 47.1. The van der Waals surface area contributed by atoms with Crippen LogP contribution < -0.4 is 0 Å². The zero-order valence-electron chi connectivity index (χ0n) is 60.6. The molecule has 16 atom stereocenters. The van der Waals surface area contributed by atoms with E-state index in [1.165, 1.54) is 51.4 Å². The number of hydrogen-bond acceptors (Lipinski definition) is 8. The standard InChI is InChI=1S/2C20H35O3P3.2C20H33OP/c1-3-5-13-19(22-25)15-9-6-7-10-16-20(23-26)17-12-8-11-14-18(4-2)21-24;1-3-5-11-14-18(21-24)15-12-9-7-8-10-13-17-20(23-26)19(22-25)16-6-4-2;1-3-5-6-7-8-9-10-11-12-13-14-15-16-17-18-19-20(4-2)21-22;1-3-5-7-8-9-10-11-12-13-14-15-17-19-20(21-22)18-16-6-4-2/h6-12,14-16,18-20H,3-5,13,17,24-26H2,1-2H3;5,7-13,15,17-20H,3-4,6,14,16,24-26H2,1-2H3;7-8,10-11,13-16,18-20H,3-6,9,12,17,22H2,1-2H3;6,8-9,11-12,14-17,19-20H,3-5,7,10,13,18,22H2,1-2H3/b7-6+,12-8-,14-11+,15-9-,16-10+;9-7-,10-8+,11-5-,15-12+,17-13+;8-7-,11-10-,14-13-,16-15+,19-18+;9-8-,12-11-,15-14-,16-6-,19-17+. The molecule has 0 bridgehead atoms. The van der Waals surface area contributed by atoms with Gasteiger partial charge in [-0.05, 0) is 103 Å². The minimum absolute atomic E-state index is 0.0333. The van der Waals surface area contributed by atoms with E-state index in [-0.39, 0.29) is 48.8 Å². The Kier molecular flexibility index (Phi) is 93.0. The number of unbranched alkanes of at least 4 members (excludes halogenated alkanes) is 6. The summed E-state index contributed by atoms with van der Waals surface area (Å²) in [6.07, 6.45) is 111. The summed E-state index contributed by atoms with van der Waals surface area (Å²) in [4.78, 5) is 0. The van der Waals surface area contributed by atoms with Crippen LogP contribution in [0.15, 0.2) is 243 Å². The highest BCUT2D eigenvalue weighted by atomic mass is 31.0. The van der Waals surface area contributed by atoms with E-state index in [9.17, 15) is 0 Å². The van der Waals surface area contributed by atoms with E-state index in [4.69, 9.17) is 36.2 Å². The summed E-state index contributed by atoms with van der Waals surface area (Å²) in [5.74, 6) is 0. The van der Waals surface area contributed by atoms with Gasteiger partial charge < -0.3 is 36.2 Å². The van der Waals surface area contributed by atoms with Gasteiger partial charge in [0.25, 0.3) is 0 Å². The van der Waals surface area contributed by atoms with Crippen LogP contribution in [0.4, 0.5) is 0 Å². The summed E-state index contributed by atoms with van der Waals surface area (Å²) in [5, 5.41) is 0. The highest BCUT2D eigenvalue weighted by molar-refractivity contribution is 7.11. The van der Waals surface area contributed by atoms with E-state index in [1.54, 1.807) is 0 Å². The normalized spacial score (nSPS) is 15.7. The molecule has 0 rings (SSSR count). The summed E-state index contributed by atoms with van der Waals surface area (Å²) in [6.45, 7) is 17.3. The molecule has 0 saturated carbocycles. The van der Waals surface area contributed by atoms with E-state index in [2.05, 4.69) is 277 Å². The average molecular weight is 1470 g/mol. The third-order valence-corrected chi connectivity index (χ3v) is 16.4. The third-order valence-electron chi connectivity index (χ3n) is 13.7. The van der Waals surface area contributed by atoms with Crippen molar-refractivity contribution in [1.82, 2.24) is 0 Å². The van der Waals surface area contributed by atoms with Crippen molar-refractivity contribution in [2.24, 2.45) is 0 Å². The van der Waals surface area contributed by atoms with Gasteiger partial charge in [0.15, 0.2) is 0 Å². The molecule has 8 nitrogen and oxygen atoms in total. The summed E-state index contributed by atoms with van der Waals surface area (Å²) < 4.78 is 42.7. The maximum Gasteiger partial charge on any atom is 0.106 e. The lowest BCUT2D eigenvalue weighted by atomic mass is 10.1. The fourth-order valence-corrected chi connectivity index (χ4v) is 9.77. The Hall–Kier alpha value is -2.08. The van der Waals surface area contributed by atoms with Crippen LogP contribution in [-0.4, -0.2) is 48.8 Å². The Labute approximate surface area is 609 Å². The molecule has 0 N–H and O–H groups in total. The van der Waals surface area contributed by atoms with Crippen molar-refractivity contribution in [3.8, 4) is 0 Å². The van der Waals surface area contributed by atoms with E-state index in [0.717, 1.165) is 103 Å². The molecule has 0 aromatic heterocycles. The molecule has 0 aliphatic carbocycles. The molecular formula is C80H136O8P8. The average Bonchev–Trinajstić information content (AvgIpc) is 3.71. The molecule has 0 fully saturated rings. The fourth-order valence-electron chi connectivity index (χ4n) is 7.82. The van der Waals surface area contributed by atoms with Crippen LogP contribution in [0.5, 0.6) is 0 Å². The van der Waals surface area contributed by atoms with Gasteiger partial charge in [-0.1, -0.05) is 350 Å². The van der Waals surface area contributed by atoms with Crippen molar-refractivity contribution < 1.29 is 36.2 Å². The highest BCUT2D eigenvalue weighted by Gasteiger charge is 2.17. The maximum atomic E-state index is 5.45. The summed E-state index contributed by atoms with van der Waals surface area (Å²) in [6, 6.07) is 0. The predicted molar refractivity (Wildman–Crippen MR) is 456 cm³/mol. The molecule has 0 heterocycles. The second kappa shape index (κ2) is 89.0. The first-order valence-electron chi connectivity index (χ1n) is 35.2. The van der Waals surface area contributed by atoms with Crippen LogP contribution in [0.1, 0.15) is 209 Å². The summed E-state index contributed by atoms with van der Waals surface area (Å²) in [7, 11) is 18.6. The Morgan fingerprint density at radius 2 is 0.562 bits per heavy atom. The Bertz CT molecular complexity index is 2260. The Morgan fingerprint density at radius 3 is 0.958 bits per heavy atom. The SMILES string of the molecule is CC/C=C\CC(/C=C/C=C\C/C=C\C/C=C\CCCC)OP.CC/C=C\CC(/C=C/C=C\C=C\C=C\C(OP)C(CCCC)OP)OP.CCCC/C=C\C/C=C\C/C=C\C=C\C/C=C/C(CC)OP.CCCCC(\C=C/C=C/C=C/C(C/C=C\C=C\C(CC)OP)OP)OP. The third kappa shape index (κ3) is 77.7. The minimum Gasteiger partial charge on any atom is -0.359 e. The predicted octanol–water partition coefficient (Wildman–Crippen LogP) is 26.0. The van der Waals surface area contributed by atoms with Crippen LogP contribution in [0.25, 0.3) is 0 Å². The molecule has 16 heteroatoms. The number of hydrogen-bond donors (Lipinski definition) is 0. The topological polar surface area (TPSA) is 73.8 Å².